The minimum absolute atomic E-state index is 0. The van der Waals surface area contributed by atoms with Crippen molar-refractivity contribution in [2.75, 3.05) is 20.6 Å². The first-order chi connectivity index (χ1) is 14.1. The van der Waals surface area contributed by atoms with Gasteiger partial charge in [-0.05, 0) is 54.8 Å². The number of likely N-dealkylation sites (N-methyl/N-ethyl adjacent to an activating group) is 1. The van der Waals surface area contributed by atoms with Gasteiger partial charge in [-0.25, -0.2) is 9.67 Å². The summed E-state index contributed by atoms with van der Waals surface area (Å²) in [5.41, 5.74) is 2.11. The number of tetrazole rings is 1. The van der Waals surface area contributed by atoms with E-state index in [1.807, 2.05) is 45.3 Å². The van der Waals surface area contributed by atoms with Crippen molar-refractivity contribution < 1.29 is 0 Å². The van der Waals surface area contributed by atoms with E-state index < -0.39 is 0 Å². The van der Waals surface area contributed by atoms with Crippen LogP contribution in [0.2, 0.25) is 0 Å². The Bertz CT molecular complexity index is 1100. The molecule has 30 heavy (non-hydrogen) atoms. The Morgan fingerprint density at radius 1 is 1.10 bits per heavy atom. The third kappa shape index (κ3) is 5.48. The number of aromatic nitrogens is 8. The smallest absolute Gasteiger partial charge is 0.254 e. The fourth-order valence-electron chi connectivity index (χ4n) is 2.59. The zero-order valence-electron chi connectivity index (χ0n) is 16.8. The van der Waals surface area contributed by atoms with E-state index in [1.165, 1.54) is 17.3 Å². The van der Waals surface area contributed by atoms with Gasteiger partial charge in [-0.2, -0.15) is 9.50 Å². The van der Waals surface area contributed by atoms with Gasteiger partial charge in [0.1, 0.15) is 5.03 Å². The third-order valence-corrected chi connectivity index (χ3v) is 5.94. The lowest BCUT2D eigenvalue weighted by molar-refractivity contribution is 0.361. The second-order valence-electron chi connectivity index (χ2n) is 6.71. The van der Waals surface area contributed by atoms with Gasteiger partial charge in [0.2, 0.25) is 10.3 Å². The average molecular weight is 464 g/mol. The minimum Gasteiger partial charge on any atom is -0.308 e. The molecule has 3 heterocycles. The molecule has 0 atom stereocenters. The summed E-state index contributed by atoms with van der Waals surface area (Å²) >= 11 is 3.06. The summed E-state index contributed by atoms with van der Waals surface area (Å²) in [5.74, 6) is 1.39. The maximum Gasteiger partial charge on any atom is 0.254 e. The lowest BCUT2D eigenvalue weighted by Gasteiger charge is -2.10. The molecule has 0 amide bonds. The van der Waals surface area contributed by atoms with Crippen molar-refractivity contribution in [3.05, 3.63) is 47.7 Å². The summed E-state index contributed by atoms with van der Waals surface area (Å²) in [6, 6.07) is 12.3. The topological polar surface area (TPSA) is 89.9 Å². The molecular weight excluding hydrogens is 442 g/mol. The number of thioether (sulfide) groups is 1. The van der Waals surface area contributed by atoms with Crippen molar-refractivity contribution in [3.8, 4) is 0 Å². The highest BCUT2D eigenvalue weighted by Crippen LogP contribution is 2.27. The molecule has 158 valence electrons. The number of aryl methyl sites for hydroxylation is 1. The Balaban J connectivity index is 0.00000256. The molecule has 0 radical (unpaired) electrons. The molecule has 9 nitrogen and oxygen atoms in total. The second kappa shape index (κ2) is 10.2. The van der Waals surface area contributed by atoms with Crippen molar-refractivity contribution in [3.63, 3.8) is 0 Å². The normalized spacial score (nSPS) is 11.2. The van der Waals surface area contributed by atoms with Crippen molar-refractivity contribution in [2.45, 2.75) is 34.6 Å². The van der Waals surface area contributed by atoms with E-state index in [1.54, 1.807) is 21.0 Å². The first-order valence-corrected chi connectivity index (χ1v) is 10.9. The molecule has 4 rings (SSSR count). The monoisotopic (exact) mass is 463 g/mol. The van der Waals surface area contributed by atoms with Crippen LogP contribution in [0.1, 0.15) is 11.3 Å². The predicted octanol–water partition coefficient (Wildman–Crippen LogP) is 2.85. The van der Waals surface area contributed by atoms with E-state index in [9.17, 15) is 0 Å². The van der Waals surface area contributed by atoms with Crippen LogP contribution in [-0.4, -0.2) is 65.3 Å². The highest BCUT2D eigenvalue weighted by molar-refractivity contribution is 7.99. The fourth-order valence-corrected chi connectivity index (χ4v) is 4.30. The van der Waals surface area contributed by atoms with E-state index in [4.69, 9.17) is 0 Å². The molecule has 0 N–H and O–H groups in total. The van der Waals surface area contributed by atoms with Gasteiger partial charge in [0.05, 0.1) is 6.54 Å². The molecule has 0 saturated carbocycles. The van der Waals surface area contributed by atoms with Crippen LogP contribution >= 0.6 is 35.9 Å². The summed E-state index contributed by atoms with van der Waals surface area (Å²) in [6.07, 6.45) is 0. The van der Waals surface area contributed by atoms with Gasteiger partial charge in [0.15, 0.2) is 0 Å². The zero-order chi connectivity index (χ0) is 20.2. The number of fused-ring (bicyclic) bond motifs is 1. The average Bonchev–Trinajstić information content (AvgIpc) is 3.32. The van der Waals surface area contributed by atoms with E-state index in [0.717, 1.165) is 23.0 Å². The van der Waals surface area contributed by atoms with Crippen LogP contribution in [0.3, 0.4) is 0 Å². The number of hydrogen-bond acceptors (Lipinski definition) is 9. The summed E-state index contributed by atoms with van der Waals surface area (Å²) in [6.45, 7) is 3.52. The van der Waals surface area contributed by atoms with Crippen LogP contribution in [0.4, 0.5) is 0 Å². The van der Waals surface area contributed by atoms with Crippen LogP contribution in [-0.2, 0) is 12.3 Å². The minimum atomic E-state index is 0. The van der Waals surface area contributed by atoms with Gasteiger partial charge >= 0.3 is 0 Å². The van der Waals surface area contributed by atoms with E-state index in [-0.39, 0.29) is 12.4 Å². The first-order valence-electron chi connectivity index (χ1n) is 9.08. The van der Waals surface area contributed by atoms with Gasteiger partial charge in [-0.15, -0.1) is 22.6 Å². The molecule has 12 heteroatoms. The molecule has 0 spiro atoms. The van der Waals surface area contributed by atoms with Gasteiger partial charge < -0.3 is 4.90 Å². The number of nitrogens with zero attached hydrogens (tertiary/aromatic N) is 9. The molecule has 3 aromatic heterocycles. The van der Waals surface area contributed by atoms with Crippen LogP contribution in [0.5, 0.6) is 0 Å². The Kier molecular flexibility index (Phi) is 7.64. The molecule has 1 aromatic carbocycles. The fraction of sp³-hybridized carbons (Fsp3) is 0.333. The van der Waals surface area contributed by atoms with Crippen LogP contribution < -0.4 is 0 Å². The molecule has 0 aliphatic heterocycles. The van der Waals surface area contributed by atoms with E-state index in [0.29, 0.717) is 22.6 Å². The first kappa shape index (κ1) is 22.5. The highest BCUT2D eigenvalue weighted by atomic mass is 35.5. The highest BCUT2D eigenvalue weighted by Gasteiger charge is 2.15. The quantitative estimate of drug-likeness (QED) is 0.289. The molecule has 0 aliphatic carbocycles. The zero-order valence-corrected chi connectivity index (χ0v) is 19.3. The van der Waals surface area contributed by atoms with Crippen molar-refractivity contribution in [1.29, 1.82) is 0 Å². The van der Waals surface area contributed by atoms with E-state index in [2.05, 4.69) is 47.6 Å². The van der Waals surface area contributed by atoms with Gasteiger partial charge in [-0.3, -0.25) is 0 Å². The van der Waals surface area contributed by atoms with Crippen molar-refractivity contribution in [1.82, 2.24) is 44.7 Å². The number of hydrogen-bond donors (Lipinski definition) is 0. The Morgan fingerprint density at radius 2 is 1.90 bits per heavy atom. The molecule has 0 saturated heterocycles. The summed E-state index contributed by atoms with van der Waals surface area (Å²) in [5, 5.41) is 19.0. The van der Waals surface area contributed by atoms with Gasteiger partial charge in [0, 0.05) is 18.0 Å². The van der Waals surface area contributed by atoms with E-state index >= 15 is 0 Å². The van der Waals surface area contributed by atoms with Gasteiger partial charge in [-0.1, -0.05) is 42.1 Å². The summed E-state index contributed by atoms with van der Waals surface area (Å²) < 4.78 is 3.56. The van der Waals surface area contributed by atoms with Crippen molar-refractivity contribution >= 4 is 41.7 Å². The Hall–Kier alpha value is -2.21. The molecule has 0 aliphatic rings. The largest absolute Gasteiger partial charge is 0.308 e. The molecular formula is C18H22ClN9S2. The molecule has 4 aromatic rings. The molecule has 0 bridgehead atoms. The van der Waals surface area contributed by atoms with Crippen LogP contribution in [0.25, 0.3) is 5.78 Å². The number of rotatable bonds is 8. The Morgan fingerprint density at radius 3 is 2.67 bits per heavy atom. The summed E-state index contributed by atoms with van der Waals surface area (Å²) in [7, 11) is 4.05. The number of halogens is 1. The third-order valence-electron chi connectivity index (χ3n) is 4.05. The van der Waals surface area contributed by atoms with Crippen LogP contribution in [0.15, 0.2) is 51.7 Å². The summed E-state index contributed by atoms with van der Waals surface area (Å²) in [4.78, 5) is 11.2. The lowest BCUT2D eigenvalue weighted by atomic mass is 10.2. The standard InChI is InChI=1S/C18H21N9S2.ClH/c1-13-11-15(29-18-21-23-24-26(18)10-9-25(2)3)27-16(19-13)20-17(22-27)28-12-14-7-5-4-6-8-14;/h4-8,11H,9-10,12H2,1-3H3;1H. The Labute approximate surface area is 189 Å². The van der Waals surface area contributed by atoms with Crippen molar-refractivity contribution in [2.24, 2.45) is 0 Å². The lowest BCUT2D eigenvalue weighted by Crippen LogP contribution is -2.19. The SMILES string of the molecule is Cc1cc(Sc2nnnn2CCN(C)C)n2nc(SCc3ccccc3)nc2n1.Cl. The van der Waals surface area contributed by atoms with Gasteiger partial charge in [0.25, 0.3) is 5.78 Å². The molecule has 0 fully saturated rings. The predicted molar refractivity (Wildman–Crippen MR) is 119 cm³/mol. The maximum absolute atomic E-state index is 4.65. The molecule has 0 unspecified atom stereocenters. The second-order valence-corrected chi connectivity index (χ2v) is 8.64. The number of benzene rings is 1. The maximum atomic E-state index is 4.65. The van der Waals surface area contributed by atoms with Crippen LogP contribution in [0, 0.1) is 6.92 Å².